The maximum Gasteiger partial charge on any atom is 0.451 e. The van der Waals surface area contributed by atoms with Crippen LogP contribution in [0.5, 0.6) is 0 Å². The third-order valence-electron chi connectivity index (χ3n) is 4.37. The van der Waals surface area contributed by atoms with E-state index in [4.69, 9.17) is 19.2 Å². The monoisotopic (exact) mass is 475 g/mol. The van der Waals surface area contributed by atoms with Crippen molar-refractivity contribution in [3.63, 3.8) is 0 Å². The minimum absolute atomic E-state index is 0.213. The van der Waals surface area contributed by atoms with Gasteiger partial charge in [-0.1, -0.05) is 41.5 Å². The highest BCUT2D eigenvalue weighted by atomic mass is 19.4. The van der Waals surface area contributed by atoms with Crippen LogP contribution in [0.1, 0.15) is 83.1 Å². The molecule has 186 valence electrons. The topological polar surface area (TPSA) is 106 Å². The normalized spacial score (nSPS) is 10.2. The van der Waals surface area contributed by atoms with Crippen molar-refractivity contribution in [2.75, 3.05) is 0 Å². The van der Waals surface area contributed by atoms with Gasteiger partial charge >= 0.3 is 18.5 Å². The van der Waals surface area contributed by atoms with Crippen LogP contribution in [0.3, 0.4) is 0 Å². The number of aryl methyl sites for hydroxylation is 3. The standard InChI is InChI=1S/C10H15F3N2.C10H18N2.2CO2/c1-4-8-5-9(7(2)3)14-15(8)6-10(11,12)13;1-5-9-7-10(8(3)4)12(6-2)11-9;2*2-1-3/h5,7H,4,6H2,1-3H3;7-8H,5-6H2,1-4H3;;/p+1. The minimum atomic E-state index is -4.17. The van der Waals surface area contributed by atoms with Gasteiger partial charge in [-0.2, -0.15) is 42.5 Å². The summed E-state index contributed by atoms with van der Waals surface area (Å²) in [6, 6.07) is 4.02. The van der Waals surface area contributed by atoms with Gasteiger partial charge in [-0.15, -0.1) is 4.68 Å². The van der Waals surface area contributed by atoms with E-state index in [1.165, 1.54) is 16.1 Å². The molecule has 0 amide bonds. The van der Waals surface area contributed by atoms with Crippen molar-refractivity contribution in [1.29, 1.82) is 0 Å². The van der Waals surface area contributed by atoms with E-state index in [1.54, 1.807) is 6.07 Å². The molecule has 0 radical (unpaired) electrons. The number of aromatic nitrogens is 4. The number of nitrogens with one attached hydrogen (secondary N) is 1. The van der Waals surface area contributed by atoms with E-state index in [9.17, 15) is 13.2 Å². The summed E-state index contributed by atoms with van der Waals surface area (Å²) >= 11 is 0. The third-order valence-corrected chi connectivity index (χ3v) is 4.37. The molecule has 1 N–H and O–H groups in total. The van der Waals surface area contributed by atoms with Crippen molar-refractivity contribution < 1.29 is 37.0 Å². The number of H-pyrrole nitrogens is 1. The first-order chi connectivity index (χ1) is 15.3. The molecule has 0 unspecified atom stereocenters. The Labute approximate surface area is 192 Å². The van der Waals surface area contributed by atoms with E-state index in [0.717, 1.165) is 18.7 Å². The molecular weight excluding hydrogens is 441 g/mol. The average molecular weight is 476 g/mol. The molecule has 0 saturated heterocycles. The van der Waals surface area contributed by atoms with Gasteiger partial charge < -0.3 is 0 Å². The predicted molar refractivity (Wildman–Crippen MR) is 112 cm³/mol. The van der Waals surface area contributed by atoms with Gasteiger partial charge in [-0.25, -0.2) is 0 Å². The summed E-state index contributed by atoms with van der Waals surface area (Å²) in [5.41, 5.74) is 4.10. The first-order valence-corrected chi connectivity index (χ1v) is 10.6. The SMILES string of the molecule is CCc1cc(C(C)C)[nH][n+]1CC(F)(F)F.CCc1cc(C(C)C)n(CC)n1.O=C=O.O=C=O. The van der Waals surface area contributed by atoms with Crippen LogP contribution in [0.2, 0.25) is 0 Å². The van der Waals surface area contributed by atoms with Crippen molar-refractivity contribution in [2.45, 2.75) is 92.4 Å². The number of rotatable bonds is 6. The van der Waals surface area contributed by atoms with Gasteiger partial charge in [0.1, 0.15) is 0 Å². The van der Waals surface area contributed by atoms with Crippen LogP contribution in [-0.4, -0.2) is 33.4 Å². The highest BCUT2D eigenvalue weighted by molar-refractivity contribution is 5.20. The molecule has 0 aromatic carbocycles. The lowest BCUT2D eigenvalue weighted by Crippen LogP contribution is -2.45. The number of alkyl halides is 3. The summed E-state index contributed by atoms with van der Waals surface area (Å²) in [6.07, 6.45) is -2.04. The highest BCUT2D eigenvalue weighted by Gasteiger charge is 2.36. The lowest BCUT2D eigenvalue weighted by Gasteiger charge is -2.06. The van der Waals surface area contributed by atoms with E-state index in [-0.39, 0.29) is 18.2 Å². The van der Waals surface area contributed by atoms with Gasteiger partial charge in [0.2, 0.25) is 5.69 Å². The summed E-state index contributed by atoms with van der Waals surface area (Å²) < 4.78 is 40.0. The van der Waals surface area contributed by atoms with E-state index in [1.807, 2.05) is 20.8 Å². The van der Waals surface area contributed by atoms with Crippen molar-refractivity contribution in [1.82, 2.24) is 14.9 Å². The molecule has 0 aliphatic heterocycles. The van der Waals surface area contributed by atoms with Crippen LogP contribution >= 0.6 is 0 Å². The summed E-state index contributed by atoms with van der Waals surface area (Å²) in [6.45, 7) is 14.5. The Morgan fingerprint density at radius 3 is 1.79 bits per heavy atom. The molecule has 33 heavy (non-hydrogen) atoms. The van der Waals surface area contributed by atoms with E-state index in [2.05, 4.69) is 48.6 Å². The Morgan fingerprint density at radius 1 is 0.970 bits per heavy atom. The Morgan fingerprint density at radius 2 is 1.48 bits per heavy atom. The molecule has 2 heterocycles. The predicted octanol–water partition coefficient (Wildman–Crippen LogP) is 3.97. The Hall–Kier alpha value is -3.03. The Kier molecular flexibility index (Phi) is 16.2. The number of hydrogen-bond donors (Lipinski definition) is 1. The minimum Gasteiger partial charge on any atom is -0.269 e. The smallest absolute Gasteiger partial charge is 0.269 e. The van der Waals surface area contributed by atoms with Crippen molar-refractivity contribution in [3.05, 3.63) is 34.9 Å². The van der Waals surface area contributed by atoms with Crippen LogP contribution < -0.4 is 4.68 Å². The molecule has 0 fully saturated rings. The maximum absolute atomic E-state index is 12.2. The van der Waals surface area contributed by atoms with Crippen molar-refractivity contribution in [2.24, 2.45) is 0 Å². The number of hydrogen-bond acceptors (Lipinski definition) is 5. The average Bonchev–Trinajstić information content (AvgIpc) is 3.32. The second-order valence-electron chi connectivity index (χ2n) is 7.46. The molecule has 0 atom stereocenters. The molecule has 2 aromatic rings. The number of carbonyl (C=O) groups excluding carboxylic acids is 4. The van der Waals surface area contributed by atoms with Gasteiger partial charge in [-0.05, 0) is 31.2 Å². The third kappa shape index (κ3) is 13.2. The molecule has 0 aliphatic carbocycles. The molecular formula is C22H34F3N4O4+. The fourth-order valence-corrected chi connectivity index (χ4v) is 2.80. The number of halogens is 3. The van der Waals surface area contributed by atoms with Crippen molar-refractivity contribution >= 4 is 12.3 Å². The number of aromatic amines is 1. The number of nitrogens with zero attached hydrogens (tertiary/aromatic N) is 3. The highest BCUT2D eigenvalue weighted by Crippen LogP contribution is 2.17. The maximum atomic E-state index is 12.2. The second kappa shape index (κ2) is 16.6. The zero-order valence-corrected chi connectivity index (χ0v) is 20.2. The van der Waals surface area contributed by atoms with Crippen LogP contribution in [0.25, 0.3) is 0 Å². The largest absolute Gasteiger partial charge is 0.451 e. The molecule has 0 spiro atoms. The first-order valence-electron chi connectivity index (χ1n) is 10.6. The summed E-state index contributed by atoms with van der Waals surface area (Å²) in [5, 5.41) is 7.27. The molecule has 0 aliphatic rings. The van der Waals surface area contributed by atoms with Crippen LogP contribution in [0.15, 0.2) is 12.1 Å². The van der Waals surface area contributed by atoms with Crippen LogP contribution in [0, 0.1) is 0 Å². The van der Waals surface area contributed by atoms with Crippen LogP contribution in [-0.2, 0) is 45.1 Å². The van der Waals surface area contributed by atoms with E-state index in [0.29, 0.717) is 18.0 Å². The van der Waals surface area contributed by atoms with E-state index < -0.39 is 12.7 Å². The molecule has 8 nitrogen and oxygen atoms in total. The second-order valence-corrected chi connectivity index (χ2v) is 7.46. The summed E-state index contributed by atoms with van der Waals surface area (Å²) in [7, 11) is 0. The molecule has 2 aromatic heterocycles. The zero-order valence-electron chi connectivity index (χ0n) is 20.2. The zero-order chi connectivity index (χ0) is 26.2. The Balaban J connectivity index is 0. The first kappa shape index (κ1) is 32.2. The van der Waals surface area contributed by atoms with Gasteiger partial charge in [0.05, 0.1) is 11.4 Å². The van der Waals surface area contributed by atoms with Gasteiger partial charge in [0.25, 0.3) is 6.54 Å². The molecule has 2 rings (SSSR count). The molecule has 11 heteroatoms. The van der Waals surface area contributed by atoms with Gasteiger partial charge in [0.15, 0.2) is 0 Å². The summed E-state index contributed by atoms with van der Waals surface area (Å²) in [4.78, 5) is 32.5. The Bertz CT molecular complexity index is 863. The van der Waals surface area contributed by atoms with Crippen LogP contribution in [0.4, 0.5) is 13.2 Å². The fourth-order valence-electron chi connectivity index (χ4n) is 2.80. The van der Waals surface area contributed by atoms with Gasteiger partial charge in [0, 0.05) is 24.7 Å². The molecule has 0 saturated carbocycles. The lowest BCUT2D eigenvalue weighted by molar-refractivity contribution is -0.775. The fraction of sp³-hybridized carbons (Fsp3) is 0.636. The quantitative estimate of drug-likeness (QED) is 0.637. The van der Waals surface area contributed by atoms with Crippen molar-refractivity contribution in [3.8, 4) is 0 Å². The van der Waals surface area contributed by atoms with Gasteiger partial charge in [-0.3, -0.25) is 4.68 Å². The lowest BCUT2D eigenvalue weighted by atomic mass is 10.1. The summed E-state index contributed by atoms with van der Waals surface area (Å²) in [5.74, 6) is 0.794. The van der Waals surface area contributed by atoms with E-state index >= 15 is 0 Å². The molecule has 0 bridgehead atoms.